The summed E-state index contributed by atoms with van der Waals surface area (Å²) in [4.78, 5) is 35.4. The highest BCUT2D eigenvalue weighted by Gasteiger charge is 2.23. The second-order valence-electron chi connectivity index (χ2n) is 7.09. The first-order valence-electron chi connectivity index (χ1n) is 8.90. The lowest BCUT2D eigenvalue weighted by molar-refractivity contribution is -0.134. The molecular weight excluding hydrogens is 407 g/mol. The lowest BCUT2D eigenvalue weighted by Crippen LogP contribution is -2.28. The molecule has 10 heteroatoms. The molecule has 31 heavy (non-hydrogen) atoms. The summed E-state index contributed by atoms with van der Waals surface area (Å²) in [6.45, 7) is 5.41. The van der Waals surface area contributed by atoms with E-state index in [1.807, 2.05) is 0 Å². The van der Waals surface area contributed by atoms with Gasteiger partial charge in [0.05, 0.1) is 5.69 Å². The van der Waals surface area contributed by atoms with Crippen molar-refractivity contribution in [1.29, 1.82) is 0 Å². The molecule has 1 aromatic carbocycles. The maximum Gasteiger partial charge on any atom is 0.328 e. The van der Waals surface area contributed by atoms with E-state index >= 15 is 0 Å². The highest BCUT2D eigenvalue weighted by atomic mass is 19.1. The fraction of sp³-hybridized carbons (Fsp3) is 0.190. The fourth-order valence-electron chi connectivity index (χ4n) is 2.08. The summed E-state index contributed by atoms with van der Waals surface area (Å²) >= 11 is 0. The molecule has 0 bridgehead atoms. The molecule has 0 radical (unpaired) electrons. The van der Waals surface area contributed by atoms with Crippen LogP contribution >= 0.6 is 0 Å². The van der Waals surface area contributed by atoms with Crippen LogP contribution in [0.5, 0.6) is 0 Å². The van der Waals surface area contributed by atoms with Crippen molar-refractivity contribution in [3.63, 3.8) is 0 Å². The third-order valence-corrected chi connectivity index (χ3v) is 3.63. The second kappa shape index (κ2) is 11.2. The maximum atomic E-state index is 14.1. The van der Waals surface area contributed by atoms with Gasteiger partial charge < -0.3 is 21.4 Å². The SMILES string of the molecule is CC(C)(C)C(=O)Nc1ccncc1C(=NN)c1ccccc1F.O=C(O)/C=C\C(=O)O. The van der Waals surface area contributed by atoms with Gasteiger partial charge in [-0.25, -0.2) is 14.0 Å². The van der Waals surface area contributed by atoms with Crippen LogP contribution in [0.1, 0.15) is 31.9 Å². The number of aromatic nitrogens is 1. The summed E-state index contributed by atoms with van der Waals surface area (Å²) in [5.74, 6) is 2.34. The molecule has 5 N–H and O–H groups in total. The average Bonchev–Trinajstić information content (AvgIpc) is 2.69. The smallest absolute Gasteiger partial charge is 0.328 e. The Hall–Kier alpha value is -4.08. The molecular formula is C21H23FN4O5. The molecule has 0 aliphatic heterocycles. The number of hydrogen-bond donors (Lipinski definition) is 4. The summed E-state index contributed by atoms with van der Waals surface area (Å²) < 4.78 is 14.1. The van der Waals surface area contributed by atoms with E-state index in [1.165, 1.54) is 18.5 Å². The maximum absolute atomic E-state index is 14.1. The number of pyridine rings is 1. The number of carboxylic acids is 2. The fourth-order valence-corrected chi connectivity index (χ4v) is 2.08. The number of aliphatic carboxylic acids is 2. The average molecular weight is 430 g/mol. The Kier molecular flexibility index (Phi) is 9.01. The minimum atomic E-state index is -1.26. The van der Waals surface area contributed by atoms with Crippen LogP contribution in [0, 0.1) is 11.2 Å². The largest absolute Gasteiger partial charge is 0.478 e. The number of rotatable bonds is 5. The van der Waals surface area contributed by atoms with Gasteiger partial charge in [0.2, 0.25) is 5.91 Å². The monoisotopic (exact) mass is 430 g/mol. The number of hydrogen-bond acceptors (Lipinski definition) is 6. The van der Waals surface area contributed by atoms with Gasteiger partial charge in [0.15, 0.2) is 0 Å². The first-order valence-corrected chi connectivity index (χ1v) is 8.90. The Morgan fingerprint density at radius 2 is 1.65 bits per heavy atom. The Labute approximate surface area is 178 Å². The molecule has 0 fully saturated rings. The predicted molar refractivity (Wildman–Crippen MR) is 113 cm³/mol. The third-order valence-electron chi connectivity index (χ3n) is 3.63. The number of nitrogens with zero attached hydrogens (tertiary/aromatic N) is 2. The van der Waals surface area contributed by atoms with E-state index in [0.717, 1.165) is 0 Å². The molecule has 9 nitrogen and oxygen atoms in total. The van der Waals surface area contributed by atoms with Crippen molar-refractivity contribution in [3.8, 4) is 0 Å². The molecule has 0 spiro atoms. The van der Waals surface area contributed by atoms with Crippen LogP contribution in [0.3, 0.4) is 0 Å². The first kappa shape index (κ1) is 25.0. The Balaban J connectivity index is 0.000000512. The van der Waals surface area contributed by atoms with Crippen LogP contribution < -0.4 is 11.2 Å². The quantitative estimate of drug-likeness (QED) is 0.246. The zero-order valence-electron chi connectivity index (χ0n) is 17.2. The Bertz CT molecular complexity index is 997. The number of carbonyl (C=O) groups excluding carboxylic acids is 1. The molecule has 1 amide bonds. The summed E-state index contributed by atoms with van der Waals surface area (Å²) in [5.41, 5.74) is 0.832. The van der Waals surface area contributed by atoms with Crippen LogP contribution in [0.2, 0.25) is 0 Å². The van der Waals surface area contributed by atoms with E-state index in [1.54, 1.807) is 45.0 Å². The second-order valence-corrected chi connectivity index (χ2v) is 7.09. The predicted octanol–water partition coefficient (Wildman–Crippen LogP) is 2.63. The van der Waals surface area contributed by atoms with Gasteiger partial charge in [-0.2, -0.15) is 5.10 Å². The van der Waals surface area contributed by atoms with Crippen molar-refractivity contribution in [2.75, 3.05) is 5.32 Å². The molecule has 1 heterocycles. The number of carbonyl (C=O) groups is 3. The number of nitrogens with one attached hydrogen (secondary N) is 1. The molecule has 2 aromatic rings. The van der Waals surface area contributed by atoms with Crippen LogP contribution in [-0.2, 0) is 14.4 Å². The van der Waals surface area contributed by atoms with Crippen molar-refractivity contribution in [1.82, 2.24) is 4.98 Å². The third kappa shape index (κ3) is 8.05. The number of anilines is 1. The first-order chi connectivity index (χ1) is 14.5. The van der Waals surface area contributed by atoms with Crippen molar-refractivity contribution >= 4 is 29.2 Å². The molecule has 0 saturated carbocycles. The van der Waals surface area contributed by atoms with Gasteiger partial charge in [-0.15, -0.1) is 0 Å². The van der Waals surface area contributed by atoms with Crippen LogP contribution in [-0.4, -0.2) is 38.8 Å². The summed E-state index contributed by atoms with van der Waals surface area (Å²) in [6.07, 6.45) is 4.15. The Morgan fingerprint density at radius 3 is 2.13 bits per heavy atom. The summed E-state index contributed by atoms with van der Waals surface area (Å²) in [5, 5.41) is 22.1. The zero-order valence-corrected chi connectivity index (χ0v) is 17.2. The number of carboxylic acid groups (broad SMARTS) is 2. The van der Waals surface area contributed by atoms with E-state index in [-0.39, 0.29) is 17.2 Å². The van der Waals surface area contributed by atoms with Crippen molar-refractivity contribution in [3.05, 3.63) is 71.8 Å². The van der Waals surface area contributed by atoms with E-state index < -0.39 is 23.2 Å². The van der Waals surface area contributed by atoms with Gasteiger partial charge in [-0.1, -0.05) is 32.9 Å². The van der Waals surface area contributed by atoms with E-state index in [2.05, 4.69) is 15.4 Å². The van der Waals surface area contributed by atoms with Crippen molar-refractivity contribution in [2.45, 2.75) is 20.8 Å². The number of amides is 1. The number of halogens is 1. The molecule has 0 saturated heterocycles. The normalized spacial score (nSPS) is 11.4. The minimum absolute atomic E-state index is 0.171. The van der Waals surface area contributed by atoms with Gasteiger partial charge in [0.25, 0.3) is 0 Å². The van der Waals surface area contributed by atoms with Gasteiger partial charge >= 0.3 is 11.9 Å². The Morgan fingerprint density at radius 1 is 1.06 bits per heavy atom. The van der Waals surface area contributed by atoms with Crippen LogP contribution in [0.25, 0.3) is 0 Å². The lowest BCUT2D eigenvalue weighted by Gasteiger charge is -2.19. The summed E-state index contributed by atoms with van der Waals surface area (Å²) in [7, 11) is 0. The minimum Gasteiger partial charge on any atom is -0.478 e. The molecule has 0 atom stereocenters. The standard InChI is InChI=1S/C17H19FN4O.C4H4O4/c1-17(2,3)16(23)21-14-8-9-20-10-12(14)15(22-19)11-6-4-5-7-13(11)18;5-3(6)1-2-4(7)8/h4-10H,19H2,1-3H3,(H,20,21,23);1-2H,(H,5,6)(H,7,8)/b;2-1-. The molecule has 1 aromatic heterocycles. The van der Waals surface area contributed by atoms with E-state index in [4.69, 9.17) is 16.1 Å². The van der Waals surface area contributed by atoms with Gasteiger partial charge in [0.1, 0.15) is 11.5 Å². The van der Waals surface area contributed by atoms with Gasteiger partial charge in [0, 0.05) is 41.1 Å². The molecule has 0 aliphatic carbocycles. The summed E-state index contributed by atoms with van der Waals surface area (Å²) in [6, 6.07) is 7.80. The van der Waals surface area contributed by atoms with E-state index in [0.29, 0.717) is 23.4 Å². The van der Waals surface area contributed by atoms with E-state index in [9.17, 15) is 18.8 Å². The molecule has 0 unspecified atom stereocenters. The van der Waals surface area contributed by atoms with Gasteiger partial charge in [-0.05, 0) is 18.2 Å². The topological polar surface area (TPSA) is 155 Å². The lowest BCUT2D eigenvalue weighted by atomic mass is 9.95. The highest BCUT2D eigenvalue weighted by molar-refractivity contribution is 6.17. The number of nitrogens with two attached hydrogens (primary N) is 1. The molecule has 0 aliphatic rings. The van der Waals surface area contributed by atoms with Crippen molar-refractivity contribution in [2.24, 2.45) is 16.4 Å². The highest BCUT2D eigenvalue weighted by Crippen LogP contribution is 2.23. The van der Waals surface area contributed by atoms with Crippen molar-refractivity contribution < 1.29 is 29.0 Å². The van der Waals surface area contributed by atoms with Crippen LogP contribution in [0.4, 0.5) is 10.1 Å². The van der Waals surface area contributed by atoms with Crippen LogP contribution in [0.15, 0.2) is 60.0 Å². The zero-order chi connectivity index (χ0) is 23.6. The number of hydrazone groups is 1. The molecule has 2 rings (SSSR count). The van der Waals surface area contributed by atoms with Gasteiger partial charge in [-0.3, -0.25) is 9.78 Å². The number of benzene rings is 1. The molecule has 164 valence electrons.